The van der Waals surface area contributed by atoms with E-state index in [0.717, 1.165) is 4.76 Å². The lowest BCUT2D eigenvalue weighted by atomic mass is 10.3. The first-order valence-electron chi connectivity index (χ1n) is 3.01. The van der Waals surface area contributed by atoms with Gasteiger partial charge in [-0.1, -0.05) is 0 Å². The highest BCUT2D eigenvalue weighted by atomic mass is 16.3. The molecule has 0 aromatic carbocycles. The lowest BCUT2D eigenvalue weighted by Crippen LogP contribution is -2.24. The molecule has 0 atom stereocenters. The molecule has 0 aliphatic carbocycles. The number of nitrogens with zero attached hydrogens (tertiary/aromatic N) is 1. The Labute approximate surface area is 50.5 Å². The van der Waals surface area contributed by atoms with E-state index >= 15 is 0 Å². The van der Waals surface area contributed by atoms with E-state index in [1.165, 1.54) is 0 Å². The third-order valence-corrected chi connectivity index (χ3v) is 1.02. The molecule has 0 heterocycles. The van der Waals surface area contributed by atoms with Gasteiger partial charge >= 0.3 is 0 Å². The van der Waals surface area contributed by atoms with Crippen LogP contribution in [0.25, 0.3) is 0 Å². The van der Waals surface area contributed by atoms with E-state index in [1.807, 2.05) is 27.7 Å². The van der Waals surface area contributed by atoms with Gasteiger partial charge in [-0.15, -0.1) is 0 Å². The molecule has 0 saturated heterocycles. The second kappa shape index (κ2) is 2.80. The highest BCUT2D eigenvalue weighted by molar-refractivity contribution is 4.37. The number of hydrogen-bond donors (Lipinski definition) is 0. The van der Waals surface area contributed by atoms with Crippen molar-refractivity contribution in [2.24, 2.45) is 0 Å². The molecule has 0 rings (SSSR count). The Morgan fingerprint density at radius 2 is 1.25 bits per heavy atom. The fraction of sp³-hybridized carbons (Fsp3) is 1.00. The molecule has 0 fully saturated rings. The van der Waals surface area contributed by atoms with Gasteiger partial charge < -0.3 is 0 Å². The fourth-order valence-corrected chi connectivity index (χ4v) is 0.596. The van der Waals surface area contributed by atoms with Crippen molar-refractivity contribution in [3.05, 3.63) is 4.91 Å². The summed E-state index contributed by atoms with van der Waals surface area (Å²) < 4.78 is 1.08. The average Bonchev–Trinajstić information content (AvgIpc) is 1.64. The zero-order valence-corrected chi connectivity index (χ0v) is 6.01. The van der Waals surface area contributed by atoms with E-state index in [4.69, 9.17) is 0 Å². The highest BCUT2D eigenvalue weighted by Crippen LogP contribution is 1.93. The third-order valence-electron chi connectivity index (χ3n) is 1.02. The number of hydrogen-bond acceptors (Lipinski definition) is 1. The molecule has 0 bridgehead atoms. The first-order chi connectivity index (χ1) is 3.55. The summed E-state index contributed by atoms with van der Waals surface area (Å²) in [4.78, 5) is 10.8. The van der Waals surface area contributed by atoms with Gasteiger partial charge in [-0.3, -0.25) is 0 Å². The summed E-state index contributed by atoms with van der Waals surface area (Å²) in [7, 11) is 0. The lowest BCUT2D eigenvalue weighted by Gasteiger charge is -1.97. The van der Waals surface area contributed by atoms with Crippen LogP contribution in [0.3, 0.4) is 0 Å². The van der Waals surface area contributed by atoms with Crippen molar-refractivity contribution >= 4 is 0 Å². The van der Waals surface area contributed by atoms with E-state index in [9.17, 15) is 4.91 Å². The van der Waals surface area contributed by atoms with E-state index in [0.29, 0.717) is 0 Å². The van der Waals surface area contributed by atoms with Crippen LogP contribution in [0.1, 0.15) is 27.7 Å². The molecule has 0 aliphatic heterocycles. The Kier molecular flexibility index (Phi) is 2.66. The summed E-state index contributed by atoms with van der Waals surface area (Å²) >= 11 is 0. The van der Waals surface area contributed by atoms with Crippen molar-refractivity contribution in [3.8, 4) is 0 Å². The molecule has 0 aromatic rings. The maximum absolute atomic E-state index is 10.8. The molecule has 0 N–H and O–H groups in total. The molecule has 2 heteroatoms. The topological polar surface area (TPSA) is 20.1 Å². The van der Waals surface area contributed by atoms with Crippen LogP contribution in [0.4, 0.5) is 0 Å². The summed E-state index contributed by atoms with van der Waals surface area (Å²) in [6.07, 6.45) is 0. The maximum atomic E-state index is 10.8. The van der Waals surface area contributed by atoms with Gasteiger partial charge in [-0.2, -0.15) is 0 Å². The van der Waals surface area contributed by atoms with Gasteiger partial charge in [-0.25, -0.2) is 0 Å². The van der Waals surface area contributed by atoms with Gasteiger partial charge in [0.2, 0.25) is 0 Å². The monoisotopic (exact) mass is 116 g/mol. The van der Waals surface area contributed by atoms with Crippen LogP contribution < -0.4 is 0 Å². The molecule has 8 heavy (non-hydrogen) atoms. The molecule has 0 aliphatic rings. The van der Waals surface area contributed by atoms with Crippen LogP contribution in [-0.2, 0) is 0 Å². The summed E-state index contributed by atoms with van der Waals surface area (Å²) in [5.41, 5.74) is 0. The zero-order chi connectivity index (χ0) is 6.73. The van der Waals surface area contributed by atoms with Crippen LogP contribution in [0, 0.1) is 4.91 Å². The quantitative estimate of drug-likeness (QED) is 0.501. The van der Waals surface area contributed by atoms with E-state index in [-0.39, 0.29) is 12.1 Å². The normalized spacial score (nSPS) is 10.8. The van der Waals surface area contributed by atoms with Gasteiger partial charge in [0, 0.05) is 37.4 Å². The smallest absolute Gasteiger partial charge is 0.00139 e. The van der Waals surface area contributed by atoms with Crippen molar-refractivity contribution in [3.63, 3.8) is 0 Å². The number of nitroso groups, excluding NO2 is 1. The Hall–Kier alpha value is -0.400. The van der Waals surface area contributed by atoms with Crippen molar-refractivity contribution in [1.29, 1.82) is 0 Å². The summed E-state index contributed by atoms with van der Waals surface area (Å²) in [5, 5.41) is 0. The molecule has 0 saturated carbocycles. The summed E-state index contributed by atoms with van der Waals surface area (Å²) in [6.45, 7) is 7.58. The Balaban J connectivity index is 3.65. The molecule has 0 unspecified atom stereocenters. The summed E-state index contributed by atoms with van der Waals surface area (Å²) in [6, 6.07) is 0.241. The zero-order valence-electron chi connectivity index (χ0n) is 6.01. The van der Waals surface area contributed by atoms with Crippen molar-refractivity contribution in [2.75, 3.05) is 0 Å². The minimum Gasteiger partial charge on any atom is 0.00139 e. The number of rotatable bonds is 2. The standard InChI is InChI=1S/C6H14NO/c1-5(2)7(8)6(3)4/h5-6H,1-4H3/q+1. The van der Waals surface area contributed by atoms with Gasteiger partial charge in [-0.05, 0) is 0 Å². The molecule has 0 aromatic heterocycles. The highest BCUT2D eigenvalue weighted by Gasteiger charge is 2.16. The van der Waals surface area contributed by atoms with Crippen molar-refractivity contribution in [2.45, 2.75) is 39.8 Å². The molecule has 0 radical (unpaired) electrons. The predicted octanol–water partition coefficient (Wildman–Crippen LogP) is 1.58. The van der Waals surface area contributed by atoms with E-state index < -0.39 is 0 Å². The Bertz CT molecular complexity index is 76.5. The molecule has 2 nitrogen and oxygen atoms in total. The summed E-state index contributed by atoms with van der Waals surface area (Å²) in [5.74, 6) is 0. The van der Waals surface area contributed by atoms with Gasteiger partial charge in [0.05, 0.1) is 0 Å². The largest absolute Gasteiger partial charge is 0.196 e. The first kappa shape index (κ1) is 7.60. The minimum absolute atomic E-state index is 0.120. The predicted molar refractivity (Wildman–Crippen MR) is 33.9 cm³/mol. The van der Waals surface area contributed by atoms with Crippen LogP contribution >= 0.6 is 0 Å². The maximum Gasteiger partial charge on any atom is 0.196 e. The fourth-order valence-electron chi connectivity index (χ4n) is 0.596. The van der Waals surface area contributed by atoms with Crippen LogP contribution in [0.5, 0.6) is 0 Å². The SMILES string of the molecule is CC(C)[N+](=O)C(C)C. The van der Waals surface area contributed by atoms with E-state index in [2.05, 4.69) is 0 Å². The second-order valence-electron chi connectivity index (χ2n) is 2.55. The van der Waals surface area contributed by atoms with Crippen molar-refractivity contribution < 1.29 is 4.76 Å². The molecule has 0 spiro atoms. The molecule has 0 amide bonds. The Morgan fingerprint density at radius 1 is 1.00 bits per heavy atom. The van der Waals surface area contributed by atoms with Crippen LogP contribution in [-0.4, -0.2) is 16.8 Å². The second-order valence-corrected chi connectivity index (χ2v) is 2.55. The molecular formula is C6H14NO+. The molecular weight excluding hydrogens is 102 g/mol. The molecule has 48 valence electrons. The lowest BCUT2D eigenvalue weighted by molar-refractivity contribution is -0.607. The van der Waals surface area contributed by atoms with Crippen LogP contribution in [0.15, 0.2) is 0 Å². The minimum atomic E-state index is 0.120. The first-order valence-corrected chi connectivity index (χ1v) is 3.01. The van der Waals surface area contributed by atoms with Gasteiger partial charge in [0.15, 0.2) is 12.1 Å². The third kappa shape index (κ3) is 2.05. The van der Waals surface area contributed by atoms with Gasteiger partial charge in [0.25, 0.3) is 0 Å². The van der Waals surface area contributed by atoms with Crippen molar-refractivity contribution in [1.82, 2.24) is 0 Å². The van der Waals surface area contributed by atoms with Gasteiger partial charge in [0.1, 0.15) is 0 Å². The average molecular weight is 116 g/mol. The van der Waals surface area contributed by atoms with E-state index in [1.54, 1.807) is 0 Å². The van der Waals surface area contributed by atoms with Crippen LogP contribution in [0.2, 0.25) is 0 Å². The Morgan fingerprint density at radius 3 is 1.25 bits per heavy atom.